The van der Waals surface area contributed by atoms with Crippen molar-refractivity contribution in [3.05, 3.63) is 130 Å². The zero-order chi connectivity index (χ0) is 27.5. The van der Waals surface area contributed by atoms with Gasteiger partial charge in [0.15, 0.2) is 0 Å². The molecule has 6 heteroatoms. The third-order valence-electron chi connectivity index (χ3n) is 7.20. The third kappa shape index (κ3) is 5.85. The number of Topliss-reactive ketones (excluding diaryl/α,β-unsaturated/α-hetero) is 1. The Kier molecular flexibility index (Phi) is 7.46. The highest BCUT2D eigenvalue weighted by molar-refractivity contribution is 5.95. The fourth-order valence-corrected chi connectivity index (χ4v) is 5.52. The quantitative estimate of drug-likeness (QED) is 0.264. The van der Waals surface area contributed by atoms with Gasteiger partial charge in [-0.25, -0.2) is 8.78 Å². The number of allylic oxidation sites excluding steroid dienone is 2. The van der Waals surface area contributed by atoms with E-state index in [-0.39, 0.29) is 25.0 Å². The lowest BCUT2D eigenvalue weighted by Gasteiger charge is -2.20. The molecule has 0 saturated heterocycles. The molecular weight excluding hydrogens is 494 g/mol. The van der Waals surface area contributed by atoms with E-state index in [1.807, 2.05) is 31.2 Å². The maximum atomic E-state index is 14.1. The van der Waals surface area contributed by atoms with E-state index < -0.39 is 23.5 Å². The van der Waals surface area contributed by atoms with E-state index in [0.717, 1.165) is 40.3 Å². The number of pyridine rings is 1. The van der Waals surface area contributed by atoms with Crippen molar-refractivity contribution in [3.63, 3.8) is 0 Å². The molecule has 4 nitrogen and oxygen atoms in total. The normalized spacial score (nSPS) is 13.1. The number of carbonyl (C=O) groups is 2. The molecule has 39 heavy (non-hydrogen) atoms. The van der Waals surface area contributed by atoms with Gasteiger partial charge in [0.1, 0.15) is 17.4 Å². The van der Waals surface area contributed by atoms with Gasteiger partial charge in [-0.15, -0.1) is 0 Å². The van der Waals surface area contributed by atoms with Gasteiger partial charge in [0, 0.05) is 42.1 Å². The van der Waals surface area contributed by atoms with E-state index in [1.54, 1.807) is 30.5 Å². The van der Waals surface area contributed by atoms with Gasteiger partial charge < -0.3 is 5.73 Å². The van der Waals surface area contributed by atoms with Crippen LogP contribution in [0.4, 0.5) is 8.78 Å². The number of aromatic nitrogens is 1. The smallest absolute Gasteiger partial charge is 0.248 e. The maximum Gasteiger partial charge on any atom is 0.248 e. The summed E-state index contributed by atoms with van der Waals surface area (Å²) in [6.45, 7) is 2.05. The van der Waals surface area contributed by atoms with Crippen LogP contribution in [-0.4, -0.2) is 16.7 Å². The summed E-state index contributed by atoms with van der Waals surface area (Å²) in [5.74, 6) is -2.33. The van der Waals surface area contributed by atoms with Gasteiger partial charge in [-0.1, -0.05) is 42.5 Å². The van der Waals surface area contributed by atoms with Gasteiger partial charge in [-0.05, 0) is 83.5 Å². The summed E-state index contributed by atoms with van der Waals surface area (Å²) in [5.41, 5.74) is 12.9. The van der Waals surface area contributed by atoms with Crippen molar-refractivity contribution in [2.75, 3.05) is 0 Å². The molecule has 0 fully saturated rings. The van der Waals surface area contributed by atoms with Gasteiger partial charge in [0.25, 0.3) is 0 Å². The Morgan fingerprint density at radius 2 is 1.74 bits per heavy atom. The topological polar surface area (TPSA) is 73.1 Å². The second-order valence-corrected chi connectivity index (χ2v) is 10.0. The molecule has 0 radical (unpaired) electrons. The van der Waals surface area contributed by atoms with Crippen LogP contribution in [0.5, 0.6) is 0 Å². The van der Waals surface area contributed by atoms with E-state index in [1.165, 1.54) is 17.7 Å². The van der Waals surface area contributed by atoms with Crippen LogP contribution in [-0.2, 0) is 17.6 Å². The highest BCUT2D eigenvalue weighted by Crippen LogP contribution is 2.36. The molecule has 0 saturated carbocycles. The minimum absolute atomic E-state index is 0.0155. The van der Waals surface area contributed by atoms with Crippen molar-refractivity contribution in [2.24, 2.45) is 5.73 Å². The number of hydrogen-bond donors (Lipinski definition) is 1. The largest absolute Gasteiger partial charge is 0.366 e. The van der Waals surface area contributed by atoms with E-state index in [9.17, 15) is 18.4 Å². The number of rotatable bonds is 9. The summed E-state index contributed by atoms with van der Waals surface area (Å²) in [6, 6.07) is 20.1. The number of fused-ring (bicyclic) bond motifs is 1. The zero-order valence-electron chi connectivity index (χ0n) is 21.6. The van der Waals surface area contributed by atoms with Gasteiger partial charge in [0.2, 0.25) is 5.91 Å². The van der Waals surface area contributed by atoms with E-state index in [0.29, 0.717) is 16.8 Å². The standard InChI is InChI=1S/C33H28F2N2O2/c1-20-5-2-6-22-10-11-24(31(20)22)17-29(38)18-26(13-21-14-27(34)19-28(35)15-21)32-30(9-4-12-37-32)23-7-3-8-25(16-23)33(36)39/h2-9,11-12,14-16,19,26H,10,13,17-18H2,1H3,(H2,36,39)/t26-/m1/s1. The summed E-state index contributed by atoms with van der Waals surface area (Å²) < 4.78 is 28.2. The van der Waals surface area contributed by atoms with Crippen molar-refractivity contribution < 1.29 is 18.4 Å². The predicted octanol–water partition coefficient (Wildman–Crippen LogP) is 6.75. The summed E-state index contributed by atoms with van der Waals surface area (Å²) in [4.78, 5) is 30.0. The number of primary amides is 1. The first kappa shape index (κ1) is 26.2. The molecule has 196 valence electrons. The number of nitrogens with two attached hydrogens (primary N) is 1. The number of ketones is 1. The van der Waals surface area contributed by atoms with E-state index >= 15 is 0 Å². The van der Waals surface area contributed by atoms with E-state index in [2.05, 4.69) is 17.1 Å². The zero-order valence-corrected chi connectivity index (χ0v) is 21.6. The van der Waals surface area contributed by atoms with Crippen molar-refractivity contribution in [1.82, 2.24) is 4.98 Å². The lowest BCUT2D eigenvalue weighted by atomic mass is 9.85. The fourth-order valence-electron chi connectivity index (χ4n) is 5.52. The molecule has 0 aliphatic heterocycles. The first-order valence-corrected chi connectivity index (χ1v) is 12.9. The Bertz CT molecular complexity index is 1590. The first-order chi connectivity index (χ1) is 18.8. The van der Waals surface area contributed by atoms with Crippen LogP contribution < -0.4 is 5.73 Å². The van der Waals surface area contributed by atoms with Crippen molar-refractivity contribution in [1.29, 1.82) is 0 Å². The summed E-state index contributed by atoms with van der Waals surface area (Å²) in [5, 5.41) is 0. The van der Waals surface area contributed by atoms with Crippen LogP contribution in [0.15, 0.2) is 85.1 Å². The number of carbonyl (C=O) groups excluding carboxylic acids is 2. The Labute approximate surface area is 226 Å². The fraction of sp³-hybridized carbons (Fsp3) is 0.182. The Balaban J connectivity index is 1.50. The lowest BCUT2D eigenvalue weighted by molar-refractivity contribution is -0.118. The molecule has 0 spiro atoms. The monoisotopic (exact) mass is 522 g/mol. The molecule has 0 bridgehead atoms. The van der Waals surface area contributed by atoms with Gasteiger partial charge in [-0.3, -0.25) is 14.6 Å². The Morgan fingerprint density at radius 1 is 0.974 bits per heavy atom. The number of amides is 1. The van der Waals surface area contributed by atoms with Crippen LogP contribution in [0.1, 0.15) is 57.1 Å². The number of hydrogen-bond acceptors (Lipinski definition) is 3. The predicted molar refractivity (Wildman–Crippen MR) is 148 cm³/mol. The molecule has 1 amide bonds. The summed E-state index contributed by atoms with van der Waals surface area (Å²) in [6.07, 6.45) is 5.16. The number of benzene rings is 3. The molecule has 3 aromatic carbocycles. The minimum Gasteiger partial charge on any atom is -0.366 e. The second kappa shape index (κ2) is 11.1. The maximum absolute atomic E-state index is 14.1. The highest BCUT2D eigenvalue weighted by atomic mass is 19.1. The van der Waals surface area contributed by atoms with Gasteiger partial charge in [-0.2, -0.15) is 0 Å². The van der Waals surface area contributed by atoms with Crippen molar-refractivity contribution in [3.8, 4) is 11.1 Å². The molecule has 1 aromatic heterocycles. The first-order valence-electron chi connectivity index (χ1n) is 12.9. The molecule has 5 rings (SSSR count). The Hall–Kier alpha value is -4.45. The van der Waals surface area contributed by atoms with Crippen molar-refractivity contribution >= 4 is 17.3 Å². The van der Waals surface area contributed by atoms with Crippen LogP contribution in [0, 0.1) is 18.6 Å². The van der Waals surface area contributed by atoms with Crippen LogP contribution in [0.3, 0.4) is 0 Å². The molecule has 1 aliphatic carbocycles. The number of nitrogens with zero attached hydrogens (tertiary/aromatic N) is 1. The van der Waals surface area contributed by atoms with Gasteiger partial charge in [0.05, 0.1) is 5.69 Å². The summed E-state index contributed by atoms with van der Waals surface area (Å²) in [7, 11) is 0. The Morgan fingerprint density at radius 3 is 2.51 bits per heavy atom. The van der Waals surface area contributed by atoms with E-state index in [4.69, 9.17) is 5.73 Å². The second-order valence-electron chi connectivity index (χ2n) is 10.0. The third-order valence-corrected chi connectivity index (χ3v) is 7.20. The molecule has 1 aliphatic rings. The lowest BCUT2D eigenvalue weighted by Crippen LogP contribution is -2.14. The van der Waals surface area contributed by atoms with Crippen molar-refractivity contribution in [2.45, 2.75) is 38.5 Å². The molecule has 1 atom stereocenters. The molecule has 4 aromatic rings. The minimum atomic E-state index is -0.673. The average molecular weight is 523 g/mol. The van der Waals surface area contributed by atoms with Crippen LogP contribution in [0.2, 0.25) is 0 Å². The molecule has 1 heterocycles. The molecule has 2 N–H and O–H groups in total. The molecule has 0 unspecified atom stereocenters. The average Bonchev–Trinajstić information content (AvgIpc) is 3.31. The molecular formula is C33H28F2N2O2. The highest BCUT2D eigenvalue weighted by Gasteiger charge is 2.25. The summed E-state index contributed by atoms with van der Waals surface area (Å²) >= 11 is 0. The van der Waals surface area contributed by atoms with Gasteiger partial charge >= 0.3 is 0 Å². The number of aryl methyl sites for hydroxylation is 1. The van der Waals surface area contributed by atoms with Crippen LogP contribution >= 0.6 is 0 Å². The van der Waals surface area contributed by atoms with Crippen LogP contribution in [0.25, 0.3) is 16.7 Å². The SMILES string of the molecule is Cc1cccc2c1C(CC(=O)C[C@@H](Cc1cc(F)cc(F)c1)c1ncccc1-c1cccc(C(N)=O)c1)=CC2. The number of halogens is 2.